The monoisotopic (exact) mass is 636 g/mol. The number of aldehydes is 1. The number of aromatic nitrogens is 3. The zero-order valence-electron chi connectivity index (χ0n) is 27.9. The average Bonchev–Trinajstić information content (AvgIpc) is 3.35. The highest BCUT2D eigenvalue weighted by Gasteiger charge is 2.22. The maximum Gasteiger partial charge on any atom is 0.333 e. The van der Waals surface area contributed by atoms with Gasteiger partial charge in [0.25, 0.3) is 0 Å². The van der Waals surface area contributed by atoms with Crippen LogP contribution in [-0.4, -0.2) is 46.2 Å². The van der Waals surface area contributed by atoms with Crippen LogP contribution < -0.4 is 20.1 Å². The van der Waals surface area contributed by atoms with Gasteiger partial charge in [0.1, 0.15) is 25.2 Å². The van der Waals surface area contributed by atoms with Crippen molar-refractivity contribution in [1.29, 1.82) is 0 Å². The second kappa shape index (κ2) is 15.1. The number of nitrogens with zero attached hydrogens (tertiary/aromatic N) is 4. The fourth-order valence-corrected chi connectivity index (χ4v) is 5.28. The second-order valence-corrected chi connectivity index (χ2v) is 12.6. The molecule has 47 heavy (non-hydrogen) atoms. The summed E-state index contributed by atoms with van der Waals surface area (Å²) in [5.74, 6) is 0.853. The van der Waals surface area contributed by atoms with Crippen LogP contribution in [0.25, 0.3) is 16.7 Å². The van der Waals surface area contributed by atoms with Crippen molar-refractivity contribution in [2.45, 2.75) is 52.4 Å². The number of ether oxygens (including phenoxy) is 3. The van der Waals surface area contributed by atoms with Crippen LogP contribution in [0.15, 0.2) is 95.8 Å². The fourth-order valence-electron chi connectivity index (χ4n) is 5.28. The summed E-state index contributed by atoms with van der Waals surface area (Å²) in [6.07, 6.45) is 2.75. The van der Waals surface area contributed by atoms with Gasteiger partial charge in [-0.1, -0.05) is 60.7 Å². The highest BCUT2D eigenvalue weighted by molar-refractivity contribution is 5.82. The van der Waals surface area contributed by atoms with E-state index in [4.69, 9.17) is 19.2 Å². The fraction of sp³-hybridized carbons (Fsp3) is 0.342. The normalized spacial score (nSPS) is 13.6. The third kappa shape index (κ3) is 8.48. The van der Waals surface area contributed by atoms with Crippen LogP contribution in [0.4, 0.5) is 5.69 Å². The highest BCUT2D eigenvalue weighted by Crippen LogP contribution is 2.30. The molecule has 6 rings (SSSR count). The molecule has 0 atom stereocenters. The van der Waals surface area contributed by atoms with Crippen molar-refractivity contribution < 1.29 is 19.0 Å². The quantitative estimate of drug-likeness (QED) is 0.166. The maximum atomic E-state index is 13.6. The number of hydrogen-bond donors (Lipinski definition) is 0. The van der Waals surface area contributed by atoms with Crippen molar-refractivity contribution in [3.63, 3.8) is 0 Å². The van der Waals surface area contributed by atoms with Crippen molar-refractivity contribution >= 4 is 23.0 Å². The Kier molecular flexibility index (Phi) is 10.8. The van der Waals surface area contributed by atoms with E-state index in [1.165, 1.54) is 0 Å². The smallest absolute Gasteiger partial charge is 0.333 e. The van der Waals surface area contributed by atoms with Gasteiger partial charge in [0, 0.05) is 44.9 Å². The van der Waals surface area contributed by atoms with E-state index in [2.05, 4.69) is 4.90 Å². The molecular weight excluding hydrogens is 592 g/mol. The molecule has 1 aliphatic heterocycles. The number of imidazole rings is 1. The number of aryl methyl sites for hydroxylation is 1. The summed E-state index contributed by atoms with van der Waals surface area (Å²) in [5.41, 5.74) is 5.02. The van der Waals surface area contributed by atoms with E-state index in [1.807, 2.05) is 106 Å². The topological polar surface area (TPSA) is 87.8 Å². The van der Waals surface area contributed by atoms with Gasteiger partial charge in [-0.2, -0.15) is 4.98 Å². The molecule has 3 heterocycles. The Morgan fingerprint density at radius 1 is 0.830 bits per heavy atom. The predicted octanol–water partition coefficient (Wildman–Crippen LogP) is 6.73. The first-order valence-corrected chi connectivity index (χ1v) is 16.0. The minimum atomic E-state index is -0.193. The molecular formula is C38H44N4O5. The molecule has 2 aromatic heterocycles. The summed E-state index contributed by atoms with van der Waals surface area (Å²) in [6.45, 7) is 8.35. The molecule has 1 saturated heterocycles. The molecule has 9 heteroatoms. The molecule has 5 aromatic rings. The molecule has 246 valence electrons. The molecule has 0 aliphatic carbocycles. The molecule has 0 unspecified atom stereocenters. The Labute approximate surface area is 276 Å². The number of rotatable bonds is 9. The van der Waals surface area contributed by atoms with Gasteiger partial charge in [0.05, 0.1) is 16.6 Å². The molecule has 0 saturated carbocycles. The van der Waals surface area contributed by atoms with E-state index in [-0.39, 0.29) is 17.2 Å². The molecule has 9 nitrogen and oxygen atoms in total. The van der Waals surface area contributed by atoms with E-state index in [9.17, 15) is 9.59 Å². The lowest BCUT2D eigenvalue weighted by molar-refractivity contribution is -0.111. The van der Waals surface area contributed by atoms with Gasteiger partial charge in [-0.05, 0) is 69.0 Å². The molecule has 0 N–H and O–H groups in total. The second-order valence-electron chi connectivity index (χ2n) is 12.6. The number of piperidine rings is 1. The summed E-state index contributed by atoms with van der Waals surface area (Å²) < 4.78 is 20.4. The largest absolute Gasteiger partial charge is 0.473 e. The number of pyridine rings is 1. The molecule has 1 fully saturated rings. The van der Waals surface area contributed by atoms with Crippen LogP contribution in [0, 0.1) is 5.92 Å². The van der Waals surface area contributed by atoms with Gasteiger partial charge in [-0.15, -0.1) is 0 Å². The third-order valence-corrected chi connectivity index (χ3v) is 8.25. The maximum absolute atomic E-state index is 13.6. The van der Waals surface area contributed by atoms with Crippen LogP contribution in [0.2, 0.25) is 0 Å². The molecule has 0 radical (unpaired) electrons. The van der Waals surface area contributed by atoms with Crippen molar-refractivity contribution in [3.05, 3.63) is 113 Å². The molecule has 0 bridgehead atoms. The van der Waals surface area contributed by atoms with Crippen LogP contribution in [0.5, 0.6) is 11.8 Å². The highest BCUT2D eigenvalue weighted by atomic mass is 16.5. The lowest BCUT2D eigenvalue weighted by atomic mass is 9.98. The van der Waals surface area contributed by atoms with Gasteiger partial charge < -0.3 is 23.9 Å². The number of carbonyl (C=O) groups excluding carboxylic acids is 1. The minimum Gasteiger partial charge on any atom is -0.473 e. The van der Waals surface area contributed by atoms with Crippen LogP contribution in [0.3, 0.4) is 0 Å². The van der Waals surface area contributed by atoms with Gasteiger partial charge in [0.2, 0.25) is 11.8 Å². The Bertz CT molecular complexity index is 1820. The molecule has 1 aliphatic rings. The van der Waals surface area contributed by atoms with Crippen LogP contribution in [-0.2, 0) is 29.8 Å². The first-order chi connectivity index (χ1) is 22.7. The number of benzene rings is 3. The van der Waals surface area contributed by atoms with E-state index in [0.29, 0.717) is 30.7 Å². The van der Waals surface area contributed by atoms with E-state index in [0.717, 1.165) is 60.1 Å². The Morgan fingerprint density at radius 2 is 1.43 bits per heavy atom. The van der Waals surface area contributed by atoms with Crippen molar-refractivity contribution in [1.82, 2.24) is 14.1 Å². The van der Waals surface area contributed by atoms with E-state index < -0.39 is 0 Å². The molecule has 0 spiro atoms. The van der Waals surface area contributed by atoms with Crippen molar-refractivity contribution in [2.75, 3.05) is 25.1 Å². The first-order valence-electron chi connectivity index (χ1n) is 16.0. The average molecular weight is 637 g/mol. The third-order valence-electron chi connectivity index (χ3n) is 8.25. The molecule has 3 aromatic carbocycles. The summed E-state index contributed by atoms with van der Waals surface area (Å²) >= 11 is 0. The van der Waals surface area contributed by atoms with Crippen LogP contribution >= 0.6 is 0 Å². The first kappa shape index (κ1) is 33.5. The Hall–Kier alpha value is -4.89. The van der Waals surface area contributed by atoms with Gasteiger partial charge in [-0.3, -0.25) is 9.13 Å². The van der Waals surface area contributed by atoms with Crippen LogP contribution in [0.1, 0.15) is 44.7 Å². The number of anilines is 1. The lowest BCUT2D eigenvalue weighted by Crippen LogP contribution is -2.34. The predicted molar refractivity (Wildman–Crippen MR) is 186 cm³/mol. The Morgan fingerprint density at radius 3 is 2.00 bits per heavy atom. The SMILES string of the molecule is COC(C)(C)C.Cn1c(=O)n(-c2ccc(OCc3ccccc3)nc2OCc2ccccc2)c2ccc(N3CCC(C=O)CC3)cc21. The van der Waals surface area contributed by atoms with Gasteiger partial charge in [0.15, 0.2) is 0 Å². The zero-order valence-corrected chi connectivity index (χ0v) is 27.9. The Balaban J connectivity index is 0.000000662. The summed E-state index contributed by atoms with van der Waals surface area (Å²) in [7, 11) is 3.48. The van der Waals surface area contributed by atoms with E-state index >= 15 is 0 Å². The van der Waals surface area contributed by atoms with Crippen molar-refractivity contribution in [2.24, 2.45) is 13.0 Å². The lowest BCUT2D eigenvalue weighted by Gasteiger charge is -2.31. The summed E-state index contributed by atoms with van der Waals surface area (Å²) in [4.78, 5) is 31.8. The number of fused-ring (bicyclic) bond motifs is 1. The number of carbonyl (C=O) groups is 1. The molecule has 0 amide bonds. The van der Waals surface area contributed by atoms with Crippen molar-refractivity contribution in [3.8, 4) is 17.4 Å². The minimum absolute atomic E-state index is 0.0417. The summed E-state index contributed by atoms with van der Waals surface area (Å²) in [5, 5.41) is 0. The standard InChI is InChI=1S/C33H32N4O4.C5H12O/c1-35-30-20-27(36-18-16-24(21-38)17-19-36)12-13-28(30)37(33(35)39)29-14-15-31(40-22-25-8-4-2-5-9-25)34-32(29)41-23-26-10-6-3-7-11-26;1-5(2,3)6-4/h2-15,20-21,24H,16-19,22-23H2,1H3;1-4H3. The number of methoxy groups -OCH3 is 1. The van der Waals surface area contributed by atoms with Gasteiger partial charge in [-0.25, -0.2) is 4.79 Å². The summed E-state index contributed by atoms with van der Waals surface area (Å²) in [6, 6.07) is 29.4. The van der Waals surface area contributed by atoms with Gasteiger partial charge >= 0.3 is 5.69 Å². The number of hydrogen-bond acceptors (Lipinski definition) is 7. The zero-order chi connectivity index (χ0) is 33.4. The van der Waals surface area contributed by atoms with E-state index in [1.54, 1.807) is 29.4 Å².